The first kappa shape index (κ1) is 15.4. The second-order valence-electron chi connectivity index (χ2n) is 4.08. The van der Waals surface area contributed by atoms with Crippen molar-refractivity contribution < 1.29 is 18.3 Å². The van der Waals surface area contributed by atoms with Crippen molar-refractivity contribution in [1.29, 1.82) is 0 Å². The molecule has 8 nitrogen and oxygen atoms in total. The van der Waals surface area contributed by atoms with Crippen molar-refractivity contribution in [3.8, 4) is 0 Å². The molecule has 21 heavy (non-hydrogen) atoms. The van der Waals surface area contributed by atoms with E-state index in [9.17, 15) is 13.2 Å². The van der Waals surface area contributed by atoms with Crippen molar-refractivity contribution in [3.63, 3.8) is 0 Å². The Kier molecular flexibility index (Phi) is 4.56. The molecular weight excluding hydrogens is 320 g/mol. The fourth-order valence-electron chi connectivity index (χ4n) is 1.52. The number of carboxylic acids is 1. The predicted molar refractivity (Wildman–Crippen MR) is 73.1 cm³/mol. The van der Waals surface area contributed by atoms with Crippen LogP contribution in [-0.2, 0) is 27.9 Å². The molecule has 112 valence electrons. The van der Waals surface area contributed by atoms with Gasteiger partial charge in [0.25, 0.3) is 0 Å². The van der Waals surface area contributed by atoms with Crippen molar-refractivity contribution in [3.05, 3.63) is 41.2 Å². The number of aliphatic carboxylic acids is 1. The van der Waals surface area contributed by atoms with Crippen molar-refractivity contribution >= 4 is 27.6 Å². The van der Waals surface area contributed by atoms with Gasteiger partial charge in [0.1, 0.15) is 6.54 Å². The van der Waals surface area contributed by atoms with Gasteiger partial charge in [-0.25, -0.2) is 17.8 Å². The summed E-state index contributed by atoms with van der Waals surface area (Å²) in [5.74, 6) is -1.06. The molecule has 1 aromatic heterocycles. The number of halogens is 1. The summed E-state index contributed by atoms with van der Waals surface area (Å²) in [6, 6.07) is 5.83. The Morgan fingerprint density at radius 3 is 2.86 bits per heavy atom. The third-order valence-corrected chi connectivity index (χ3v) is 4.07. The van der Waals surface area contributed by atoms with Gasteiger partial charge < -0.3 is 5.11 Å². The molecule has 0 aliphatic heterocycles. The van der Waals surface area contributed by atoms with Crippen LogP contribution in [0.5, 0.6) is 0 Å². The van der Waals surface area contributed by atoms with Gasteiger partial charge in [-0.15, -0.1) is 5.10 Å². The molecule has 2 aromatic rings. The topological polar surface area (TPSA) is 114 Å². The van der Waals surface area contributed by atoms with Gasteiger partial charge in [-0.3, -0.25) is 4.79 Å². The summed E-state index contributed by atoms with van der Waals surface area (Å²) in [5.41, 5.74) is 0.307. The van der Waals surface area contributed by atoms with Crippen LogP contribution in [0.15, 0.2) is 35.4 Å². The molecule has 0 radical (unpaired) electrons. The maximum atomic E-state index is 12.0. The quantitative estimate of drug-likeness (QED) is 0.797. The van der Waals surface area contributed by atoms with Gasteiger partial charge >= 0.3 is 5.97 Å². The van der Waals surface area contributed by atoms with Crippen LogP contribution in [0.1, 0.15) is 5.69 Å². The lowest BCUT2D eigenvalue weighted by molar-refractivity contribution is -0.137. The van der Waals surface area contributed by atoms with E-state index < -0.39 is 16.0 Å². The first-order valence-corrected chi connectivity index (χ1v) is 7.59. The largest absolute Gasteiger partial charge is 0.480 e. The molecule has 0 saturated heterocycles. The lowest BCUT2D eigenvalue weighted by atomic mass is 10.4. The Morgan fingerprint density at radius 2 is 2.19 bits per heavy atom. The van der Waals surface area contributed by atoms with E-state index in [1.165, 1.54) is 24.4 Å². The predicted octanol–water partition coefficient (Wildman–Crippen LogP) is 0.495. The Bertz CT molecular complexity index is 759. The van der Waals surface area contributed by atoms with Crippen LogP contribution >= 0.6 is 11.6 Å². The van der Waals surface area contributed by atoms with Gasteiger partial charge in [0, 0.05) is 5.02 Å². The third-order valence-electron chi connectivity index (χ3n) is 2.43. The summed E-state index contributed by atoms with van der Waals surface area (Å²) in [5, 5.41) is 16.2. The van der Waals surface area contributed by atoms with Crippen LogP contribution < -0.4 is 4.72 Å². The summed E-state index contributed by atoms with van der Waals surface area (Å²) in [6.07, 6.45) is 1.36. The van der Waals surface area contributed by atoms with E-state index in [4.69, 9.17) is 16.7 Å². The summed E-state index contributed by atoms with van der Waals surface area (Å²) >= 11 is 5.75. The zero-order valence-electron chi connectivity index (χ0n) is 10.6. The average Bonchev–Trinajstić information content (AvgIpc) is 2.83. The molecule has 0 aliphatic rings. The maximum Gasteiger partial charge on any atom is 0.325 e. The lowest BCUT2D eigenvalue weighted by Crippen LogP contribution is -2.23. The molecule has 0 spiro atoms. The van der Waals surface area contributed by atoms with E-state index in [-0.39, 0.29) is 18.0 Å². The molecule has 2 N–H and O–H groups in total. The lowest BCUT2D eigenvalue weighted by Gasteiger charge is -2.05. The minimum absolute atomic E-state index is 0.0351. The SMILES string of the molecule is O=C(O)Cn1cc(CNS(=O)(=O)c2cccc(Cl)c2)nn1. The Labute approximate surface area is 125 Å². The highest BCUT2D eigenvalue weighted by atomic mass is 35.5. The third kappa shape index (κ3) is 4.25. The molecular formula is C11H11ClN4O4S. The highest BCUT2D eigenvalue weighted by Gasteiger charge is 2.15. The van der Waals surface area contributed by atoms with E-state index in [0.717, 1.165) is 4.68 Å². The van der Waals surface area contributed by atoms with Crippen LogP contribution in [0.25, 0.3) is 0 Å². The molecule has 1 aromatic carbocycles. The average molecular weight is 331 g/mol. The van der Waals surface area contributed by atoms with Crippen molar-refractivity contribution in [2.75, 3.05) is 0 Å². The number of rotatable bonds is 6. The Balaban J connectivity index is 2.05. The van der Waals surface area contributed by atoms with Gasteiger partial charge in [0.05, 0.1) is 23.3 Å². The number of carbonyl (C=O) groups is 1. The molecule has 0 bridgehead atoms. The summed E-state index contributed by atoms with van der Waals surface area (Å²) < 4.78 is 27.5. The Hall–Kier alpha value is -1.97. The van der Waals surface area contributed by atoms with Crippen LogP contribution in [0.4, 0.5) is 0 Å². The zero-order valence-corrected chi connectivity index (χ0v) is 12.2. The van der Waals surface area contributed by atoms with E-state index in [1.807, 2.05) is 0 Å². The molecule has 0 fully saturated rings. The van der Waals surface area contributed by atoms with Gasteiger partial charge in [0.15, 0.2) is 0 Å². The van der Waals surface area contributed by atoms with Crippen molar-refractivity contribution in [1.82, 2.24) is 19.7 Å². The van der Waals surface area contributed by atoms with Crippen molar-refractivity contribution in [2.45, 2.75) is 18.0 Å². The fraction of sp³-hybridized carbons (Fsp3) is 0.182. The standard InChI is InChI=1S/C11H11ClN4O4S/c12-8-2-1-3-10(4-8)21(19,20)13-5-9-6-16(15-14-9)7-11(17)18/h1-4,6,13H,5,7H2,(H,17,18). The number of nitrogens with one attached hydrogen (secondary N) is 1. The molecule has 0 aliphatic carbocycles. The summed E-state index contributed by atoms with van der Waals surface area (Å²) in [7, 11) is -3.72. The minimum Gasteiger partial charge on any atom is -0.480 e. The monoisotopic (exact) mass is 330 g/mol. The molecule has 0 unspecified atom stereocenters. The van der Waals surface area contributed by atoms with Gasteiger partial charge in [-0.05, 0) is 18.2 Å². The summed E-state index contributed by atoms with van der Waals surface area (Å²) in [6.45, 7) is -0.442. The smallest absolute Gasteiger partial charge is 0.325 e. The van der Waals surface area contributed by atoms with E-state index in [2.05, 4.69) is 15.0 Å². The van der Waals surface area contributed by atoms with E-state index in [1.54, 1.807) is 6.07 Å². The second-order valence-corrected chi connectivity index (χ2v) is 6.29. The van der Waals surface area contributed by atoms with Crippen LogP contribution in [-0.4, -0.2) is 34.5 Å². The first-order valence-electron chi connectivity index (χ1n) is 5.73. The fourth-order valence-corrected chi connectivity index (χ4v) is 2.82. The van der Waals surface area contributed by atoms with Gasteiger partial charge in [-0.1, -0.05) is 22.9 Å². The van der Waals surface area contributed by atoms with E-state index in [0.29, 0.717) is 10.7 Å². The molecule has 10 heteroatoms. The first-order chi connectivity index (χ1) is 9.87. The number of benzene rings is 1. The van der Waals surface area contributed by atoms with Crippen LogP contribution in [0.2, 0.25) is 5.02 Å². The number of carboxylic acid groups (broad SMARTS) is 1. The number of nitrogens with zero attached hydrogens (tertiary/aromatic N) is 3. The number of sulfonamides is 1. The Morgan fingerprint density at radius 1 is 1.43 bits per heavy atom. The van der Waals surface area contributed by atoms with Crippen LogP contribution in [0.3, 0.4) is 0 Å². The molecule has 2 rings (SSSR count). The normalized spacial score (nSPS) is 11.5. The van der Waals surface area contributed by atoms with Crippen LogP contribution in [0, 0.1) is 0 Å². The number of hydrogen-bond acceptors (Lipinski definition) is 5. The zero-order chi connectivity index (χ0) is 15.5. The molecule has 0 atom stereocenters. The van der Waals surface area contributed by atoms with E-state index >= 15 is 0 Å². The van der Waals surface area contributed by atoms with Gasteiger partial charge in [-0.2, -0.15) is 0 Å². The summed E-state index contributed by atoms with van der Waals surface area (Å²) in [4.78, 5) is 10.5. The molecule has 0 amide bonds. The second kappa shape index (κ2) is 6.20. The molecule has 0 saturated carbocycles. The maximum absolute atomic E-state index is 12.0. The number of aromatic nitrogens is 3. The van der Waals surface area contributed by atoms with Gasteiger partial charge in [0.2, 0.25) is 10.0 Å². The molecule has 1 heterocycles. The minimum atomic E-state index is -3.72. The highest BCUT2D eigenvalue weighted by Crippen LogP contribution is 2.15. The number of hydrogen-bond donors (Lipinski definition) is 2. The van der Waals surface area contributed by atoms with Crippen molar-refractivity contribution in [2.24, 2.45) is 0 Å². The highest BCUT2D eigenvalue weighted by molar-refractivity contribution is 7.89.